The van der Waals surface area contributed by atoms with Gasteiger partial charge in [0.2, 0.25) is 0 Å². The maximum Gasteiger partial charge on any atom is 0.0753 e. The zero-order chi connectivity index (χ0) is 11.5. The molecule has 1 saturated heterocycles. The van der Waals surface area contributed by atoms with Gasteiger partial charge in [0.1, 0.15) is 0 Å². The highest BCUT2D eigenvalue weighted by Gasteiger charge is 2.36. The summed E-state index contributed by atoms with van der Waals surface area (Å²) in [5, 5.41) is 0. The summed E-state index contributed by atoms with van der Waals surface area (Å²) in [7, 11) is 0. The third-order valence-electron chi connectivity index (χ3n) is 3.74. The van der Waals surface area contributed by atoms with Gasteiger partial charge in [-0.25, -0.2) is 0 Å². The van der Waals surface area contributed by atoms with Gasteiger partial charge < -0.3 is 4.74 Å². The molecule has 0 radical (unpaired) electrons. The van der Waals surface area contributed by atoms with Crippen molar-refractivity contribution in [1.82, 2.24) is 4.90 Å². The largest absolute Gasteiger partial charge is 0.373 e. The number of morpholine rings is 1. The van der Waals surface area contributed by atoms with Crippen LogP contribution in [0.3, 0.4) is 0 Å². The SMILES string of the molecule is CCCC(C)(CC)N1CCOC(C)(C)C1. The van der Waals surface area contributed by atoms with Crippen molar-refractivity contribution in [2.45, 2.75) is 65.0 Å². The van der Waals surface area contributed by atoms with Crippen LogP contribution >= 0.6 is 0 Å². The van der Waals surface area contributed by atoms with Gasteiger partial charge in [0, 0.05) is 18.6 Å². The number of nitrogens with zero attached hydrogens (tertiary/aromatic N) is 1. The van der Waals surface area contributed by atoms with Gasteiger partial charge in [-0.2, -0.15) is 0 Å². The molecule has 0 aromatic rings. The van der Waals surface area contributed by atoms with E-state index in [-0.39, 0.29) is 5.60 Å². The van der Waals surface area contributed by atoms with Gasteiger partial charge in [0.05, 0.1) is 12.2 Å². The second-order valence-corrected chi connectivity index (χ2v) is 5.63. The van der Waals surface area contributed by atoms with Crippen molar-refractivity contribution in [3.63, 3.8) is 0 Å². The molecule has 1 heterocycles. The zero-order valence-corrected chi connectivity index (χ0v) is 11.1. The van der Waals surface area contributed by atoms with Crippen molar-refractivity contribution in [2.75, 3.05) is 19.7 Å². The highest BCUT2D eigenvalue weighted by Crippen LogP contribution is 2.29. The zero-order valence-electron chi connectivity index (χ0n) is 11.1. The molecule has 1 aliphatic heterocycles. The molecule has 1 unspecified atom stereocenters. The molecule has 15 heavy (non-hydrogen) atoms. The summed E-state index contributed by atoms with van der Waals surface area (Å²) in [5.74, 6) is 0. The summed E-state index contributed by atoms with van der Waals surface area (Å²) in [4.78, 5) is 2.62. The van der Waals surface area contributed by atoms with Gasteiger partial charge in [-0.05, 0) is 33.6 Å². The lowest BCUT2D eigenvalue weighted by Crippen LogP contribution is -2.57. The smallest absolute Gasteiger partial charge is 0.0753 e. The molecule has 0 saturated carbocycles. The van der Waals surface area contributed by atoms with E-state index in [2.05, 4.69) is 39.5 Å². The highest BCUT2D eigenvalue weighted by atomic mass is 16.5. The number of ether oxygens (including phenoxy) is 1. The Bertz CT molecular complexity index is 203. The van der Waals surface area contributed by atoms with Crippen LogP contribution in [0.2, 0.25) is 0 Å². The Morgan fingerprint density at radius 3 is 2.47 bits per heavy atom. The molecule has 1 atom stereocenters. The quantitative estimate of drug-likeness (QED) is 0.711. The molecule has 0 spiro atoms. The van der Waals surface area contributed by atoms with Crippen molar-refractivity contribution < 1.29 is 4.74 Å². The summed E-state index contributed by atoms with van der Waals surface area (Å²) in [6.45, 7) is 14.4. The normalized spacial score (nSPS) is 26.2. The lowest BCUT2D eigenvalue weighted by molar-refractivity contribution is -0.116. The van der Waals surface area contributed by atoms with Crippen molar-refractivity contribution in [2.24, 2.45) is 0 Å². The van der Waals surface area contributed by atoms with Crippen LogP contribution in [-0.4, -0.2) is 35.7 Å². The first-order valence-electron chi connectivity index (χ1n) is 6.32. The van der Waals surface area contributed by atoms with E-state index in [0.29, 0.717) is 5.54 Å². The van der Waals surface area contributed by atoms with Crippen LogP contribution in [0.5, 0.6) is 0 Å². The summed E-state index contributed by atoms with van der Waals surface area (Å²) >= 11 is 0. The van der Waals surface area contributed by atoms with Crippen LogP contribution in [-0.2, 0) is 4.74 Å². The molecule has 0 amide bonds. The molecular formula is C13H27NO. The first-order valence-corrected chi connectivity index (χ1v) is 6.32. The van der Waals surface area contributed by atoms with Crippen LogP contribution < -0.4 is 0 Å². The van der Waals surface area contributed by atoms with Gasteiger partial charge >= 0.3 is 0 Å². The summed E-state index contributed by atoms with van der Waals surface area (Å²) in [5.41, 5.74) is 0.401. The van der Waals surface area contributed by atoms with E-state index in [9.17, 15) is 0 Å². The van der Waals surface area contributed by atoms with Crippen LogP contribution in [0.4, 0.5) is 0 Å². The maximum atomic E-state index is 5.77. The Balaban J connectivity index is 2.67. The number of rotatable bonds is 4. The van der Waals surface area contributed by atoms with E-state index < -0.39 is 0 Å². The fraction of sp³-hybridized carbons (Fsp3) is 1.00. The van der Waals surface area contributed by atoms with Gasteiger partial charge in [-0.1, -0.05) is 20.3 Å². The van der Waals surface area contributed by atoms with E-state index in [1.54, 1.807) is 0 Å². The van der Waals surface area contributed by atoms with E-state index in [0.717, 1.165) is 19.7 Å². The van der Waals surface area contributed by atoms with Crippen molar-refractivity contribution in [3.8, 4) is 0 Å². The molecule has 1 aliphatic rings. The Kier molecular flexibility index (Phi) is 4.19. The summed E-state index contributed by atoms with van der Waals surface area (Å²) in [6, 6.07) is 0. The van der Waals surface area contributed by atoms with Crippen LogP contribution in [0.15, 0.2) is 0 Å². The lowest BCUT2D eigenvalue weighted by atomic mass is 9.89. The first-order chi connectivity index (χ1) is 6.93. The molecule has 0 aromatic carbocycles. The average molecular weight is 213 g/mol. The molecule has 2 nitrogen and oxygen atoms in total. The maximum absolute atomic E-state index is 5.77. The summed E-state index contributed by atoms with van der Waals surface area (Å²) < 4.78 is 5.77. The van der Waals surface area contributed by atoms with Gasteiger partial charge in [-0.15, -0.1) is 0 Å². The molecule has 1 rings (SSSR count). The fourth-order valence-corrected chi connectivity index (χ4v) is 2.57. The van der Waals surface area contributed by atoms with Crippen molar-refractivity contribution >= 4 is 0 Å². The second-order valence-electron chi connectivity index (χ2n) is 5.63. The minimum Gasteiger partial charge on any atom is -0.373 e. The molecule has 0 N–H and O–H groups in total. The van der Waals surface area contributed by atoms with Crippen LogP contribution in [0, 0.1) is 0 Å². The molecule has 1 fully saturated rings. The predicted molar refractivity (Wildman–Crippen MR) is 65.2 cm³/mol. The fourth-order valence-electron chi connectivity index (χ4n) is 2.57. The number of hydrogen-bond donors (Lipinski definition) is 0. The van der Waals surface area contributed by atoms with E-state index in [1.165, 1.54) is 19.3 Å². The molecule has 0 aromatic heterocycles. The lowest BCUT2D eigenvalue weighted by Gasteiger charge is -2.48. The Morgan fingerprint density at radius 2 is 2.00 bits per heavy atom. The van der Waals surface area contributed by atoms with E-state index in [1.807, 2.05) is 0 Å². The van der Waals surface area contributed by atoms with Crippen molar-refractivity contribution in [1.29, 1.82) is 0 Å². The monoisotopic (exact) mass is 213 g/mol. The second kappa shape index (κ2) is 4.84. The van der Waals surface area contributed by atoms with Crippen LogP contribution in [0.25, 0.3) is 0 Å². The van der Waals surface area contributed by atoms with Crippen LogP contribution in [0.1, 0.15) is 53.9 Å². The minimum atomic E-state index is 0.0302. The third-order valence-corrected chi connectivity index (χ3v) is 3.74. The molecule has 0 aliphatic carbocycles. The summed E-state index contributed by atoms with van der Waals surface area (Å²) in [6.07, 6.45) is 3.79. The minimum absolute atomic E-state index is 0.0302. The Hall–Kier alpha value is -0.0800. The topological polar surface area (TPSA) is 12.5 Å². The third kappa shape index (κ3) is 3.18. The predicted octanol–water partition coefficient (Wildman–Crippen LogP) is 3.07. The number of hydrogen-bond acceptors (Lipinski definition) is 2. The van der Waals surface area contributed by atoms with Gasteiger partial charge in [0.15, 0.2) is 0 Å². The van der Waals surface area contributed by atoms with E-state index in [4.69, 9.17) is 4.74 Å². The Labute approximate surface area is 95.0 Å². The van der Waals surface area contributed by atoms with E-state index >= 15 is 0 Å². The van der Waals surface area contributed by atoms with Gasteiger partial charge in [-0.3, -0.25) is 4.90 Å². The van der Waals surface area contributed by atoms with Gasteiger partial charge in [0.25, 0.3) is 0 Å². The standard InChI is InChI=1S/C13H27NO/c1-6-8-13(5,7-2)14-9-10-15-12(3,4)11-14/h6-11H2,1-5H3. The molecule has 0 bridgehead atoms. The Morgan fingerprint density at radius 1 is 1.33 bits per heavy atom. The molecule has 90 valence electrons. The highest BCUT2D eigenvalue weighted by molar-refractivity contribution is 4.90. The molecule has 2 heteroatoms. The average Bonchev–Trinajstić information content (AvgIpc) is 2.16. The van der Waals surface area contributed by atoms with Crippen molar-refractivity contribution in [3.05, 3.63) is 0 Å². The first kappa shape index (κ1) is 13.0. The molecular weight excluding hydrogens is 186 g/mol.